The van der Waals surface area contributed by atoms with Crippen LogP contribution < -0.4 is 0 Å². The van der Waals surface area contributed by atoms with E-state index in [0.29, 0.717) is 6.29 Å². The molecule has 5 heteroatoms. The van der Waals surface area contributed by atoms with Crippen molar-refractivity contribution in [3.8, 4) is 0 Å². The summed E-state index contributed by atoms with van der Waals surface area (Å²) < 4.78 is 4.30. The highest BCUT2D eigenvalue weighted by atomic mass is 16.6. The average molecular weight is 162 g/mol. The second-order valence-corrected chi connectivity index (χ2v) is 1.97. The maximum Gasteiger partial charge on any atom is 0.335 e. The fraction of sp³-hybridized carbons (Fsp3) is 0.667. The van der Waals surface area contributed by atoms with Gasteiger partial charge in [0, 0.05) is 0 Å². The Morgan fingerprint density at radius 2 is 2.27 bits per heavy atom. The van der Waals surface area contributed by atoms with E-state index in [9.17, 15) is 9.59 Å². The summed E-state index contributed by atoms with van der Waals surface area (Å²) in [5.41, 5.74) is 0. The smallest absolute Gasteiger partial charge is 0.335 e. The first-order chi connectivity index (χ1) is 5.11. The fourth-order valence-corrected chi connectivity index (χ4v) is 0.356. The highest BCUT2D eigenvalue weighted by molar-refractivity contribution is 5.76. The highest BCUT2D eigenvalue weighted by Crippen LogP contribution is 1.91. The first kappa shape index (κ1) is 10.1. The molecule has 0 aromatic heterocycles. The molecule has 0 spiro atoms. The second kappa shape index (κ2) is 4.81. The summed E-state index contributed by atoms with van der Waals surface area (Å²) in [5, 5.41) is 17.0. The summed E-state index contributed by atoms with van der Waals surface area (Å²) >= 11 is 0. The topological polar surface area (TPSA) is 83.8 Å². The number of hydrogen-bond donors (Lipinski definition) is 2. The van der Waals surface area contributed by atoms with Gasteiger partial charge in [0.2, 0.25) is 0 Å². The Bertz CT molecular complexity index is 142. The lowest BCUT2D eigenvalue weighted by molar-refractivity contribution is -0.161. The Balaban J connectivity index is 3.81. The van der Waals surface area contributed by atoms with Crippen molar-refractivity contribution < 1.29 is 24.5 Å². The lowest BCUT2D eigenvalue weighted by Gasteiger charge is -2.09. The number of rotatable bonds is 4. The van der Waals surface area contributed by atoms with Crippen LogP contribution in [0.3, 0.4) is 0 Å². The molecule has 11 heavy (non-hydrogen) atoms. The van der Waals surface area contributed by atoms with Crippen LogP contribution in [0.25, 0.3) is 0 Å². The minimum atomic E-state index is -1.27. The molecule has 0 aliphatic heterocycles. The number of aliphatic hydroxyl groups is 2. The molecule has 0 aliphatic rings. The molecule has 2 unspecified atom stereocenters. The minimum absolute atomic E-state index is 0.292. The van der Waals surface area contributed by atoms with Crippen LogP contribution in [0.5, 0.6) is 0 Å². The van der Waals surface area contributed by atoms with Crippen LogP contribution in [-0.4, -0.2) is 41.3 Å². The van der Waals surface area contributed by atoms with E-state index in [0.717, 1.165) is 0 Å². The number of aliphatic hydroxyl groups excluding tert-OH is 2. The van der Waals surface area contributed by atoms with Crippen molar-refractivity contribution in [1.82, 2.24) is 0 Å². The fourth-order valence-electron chi connectivity index (χ4n) is 0.356. The first-order valence-electron chi connectivity index (χ1n) is 3.06. The van der Waals surface area contributed by atoms with E-state index in [-0.39, 0.29) is 0 Å². The second-order valence-electron chi connectivity index (χ2n) is 1.97. The van der Waals surface area contributed by atoms with Crippen molar-refractivity contribution in [3.05, 3.63) is 0 Å². The molecule has 0 aromatic rings. The van der Waals surface area contributed by atoms with Crippen molar-refractivity contribution in [2.75, 3.05) is 6.61 Å². The van der Waals surface area contributed by atoms with Crippen molar-refractivity contribution in [2.24, 2.45) is 0 Å². The quantitative estimate of drug-likeness (QED) is 0.387. The molecule has 0 aromatic carbocycles. The summed E-state index contributed by atoms with van der Waals surface area (Å²) in [4.78, 5) is 20.5. The number of hydrogen-bond acceptors (Lipinski definition) is 5. The number of carbonyl (C=O) groups excluding carboxylic acids is 2. The van der Waals surface area contributed by atoms with Gasteiger partial charge in [-0.15, -0.1) is 0 Å². The maximum atomic E-state index is 10.5. The van der Waals surface area contributed by atoms with Crippen LogP contribution in [0.4, 0.5) is 0 Å². The molecule has 0 heterocycles. The number of aldehydes is 1. The van der Waals surface area contributed by atoms with Crippen molar-refractivity contribution in [3.63, 3.8) is 0 Å². The first-order valence-corrected chi connectivity index (χ1v) is 3.06. The molecule has 0 fully saturated rings. The van der Waals surface area contributed by atoms with Gasteiger partial charge < -0.3 is 14.9 Å². The molecular weight excluding hydrogens is 152 g/mol. The third-order valence-electron chi connectivity index (χ3n) is 0.940. The van der Waals surface area contributed by atoms with Gasteiger partial charge in [0.25, 0.3) is 0 Å². The summed E-state index contributed by atoms with van der Waals surface area (Å²) in [7, 11) is 0. The molecule has 2 N–H and O–H groups in total. The summed E-state index contributed by atoms with van der Waals surface area (Å²) in [6, 6.07) is 0. The summed E-state index contributed by atoms with van der Waals surface area (Å²) in [5.74, 6) is -0.920. The molecule has 64 valence electrons. The zero-order valence-corrected chi connectivity index (χ0v) is 6.06. The van der Waals surface area contributed by atoms with Crippen LogP contribution in [0, 0.1) is 0 Å². The van der Waals surface area contributed by atoms with Gasteiger partial charge in [0.15, 0.2) is 12.4 Å². The van der Waals surface area contributed by atoms with E-state index in [4.69, 9.17) is 10.2 Å². The Morgan fingerprint density at radius 1 is 1.73 bits per heavy atom. The summed E-state index contributed by atoms with van der Waals surface area (Å²) in [6.45, 7) is 0.642. The average Bonchev–Trinajstić information content (AvgIpc) is 1.99. The van der Waals surface area contributed by atoms with Gasteiger partial charge in [0.1, 0.15) is 6.10 Å². The molecule has 0 amide bonds. The number of carbonyl (C=O) groups is 2. The van der Waals surface area contributed by atoms with E-state index >= 15 is 0 Å². The van der Waals surface area contributed by atoms with Gasteiger partial charge in [-0.1, -0.05) is 0 Å². The van der Waals surface area contributed by atoms with Gasteiger partial charge in [-0.25, -0.2) is 4.79 Å². The molecular formula is C6H10O5. The van der Waals surface area contributed by atoms with Crippen LogP contribution in [0.2, 0.25) is 0 Å². The molecule has 0 aliphatic carbocycles. The molecule has 2 atom stereocenters. The third-order valence-corrected chi connectivity index (χ3v) is 0.940. The zero-order valence-electron chi connectivity index (χ0n) is 6.06. The highest BCUT2D eigenvalue weighted by Gasteiger charge is 2.15. The van der Waals surface area contributed by atoms with Gasteiger partial charge in [-0.3, -0.25) is 4.79 Å². The largest absolute Gasteiger partial charge is 0.450 e. The minimum Gasteiger partial charge on any atom is -0.450 e. The predicted octanol–water partition coefficient (Wildman–Crippen LogP) is -1.53. The molecule has 0 radical (unpaired) electrons. The number of ether oxygens (including phenoxy) is 1. The van der Waals surface area contributed by atoms with Crippen molar-refractivity contribution >= 4 is 12.3 Å². The van der Waals surface area contributed by atoms with Crippen molar-refractivity contribution in [2.45, 2.75) is 19.1 Å². The standard InChI is InChI=1S/C6H10O5/c1-4(9)6(10)11-5(2-7)3-8/h2,4-5,8-9H,3H2,1H3. The van der Waals surface area contributed by atoms with Gasteiger partial charge in [0.05, 0.1) is 6.61 Å². The molecule has 0 rings (SSSR count). The van der Waals surface area contributed by atoms with Gasteiger partial charge in [-0.2, -0.15) is 0 Å². The van der Waals surface area contributed by atoms with E-state index in [1.807, 2.05) is 0 Å². The zero-order chi connectivity index (χ0) is 8.85. The molecule has 5 nitrogen and oxygen atoms in total. The lowest BCUT2D eigenvalue weighted by Crippen LogP contribution is -2.29. The molecule has 0 bridgehead atoms. The van der Waals surface area contributed by atoms with Crippen LogP contribution in [-0.2, 0) is 14.3 Å². The molecule has 0 saturated heterocycles. The SMILES string of the molecule is CC(O)C(=O)OC(C=O)CO. The monoisotopic (exact) mass is 162 g/mol. The van der Waals surface area contributed by atoms with Gasteiger partial charge >= 0.3 is 5.97 Å². The predicted molar refractivity (Wildman–Crippen MR) is 34.7 cm³/mol. The van der Waals surface area contributed by atoms with E-state index in [1.165, 1.54) is 6.92 Å². The Morgan fingerprint density at radius 3 is 2.55 bits per heavy atom. The van der Waals surface area contributed by atoms with E-state index in [2.05, 4.69) is 4.74 Å². The van der Waals surface area contributed by atoms with Gasteiger partial charge in [-0.05, 0) is 6.92 Å². The molecule has 0 saturated carbocycles. The van der Waals surface area contributed by atoms with Crippen LogP contribution in [0.1, 0.15) is 6.92 Å². The Labute approximate surface area is 63.6 Å². The normalized spacial score (nSPS) is 15.2. The Kier molecular flexibility index (Phi) is 4.40. The van der Waals surface area contributed by atoms with Crippen molar-refractivity contribution in [1.29, 1.82) is 0 Å². The lowest BCUT2D eigenvalue weighted by atomic mass is 10.4. The van der Waals surface area contributed by atoms with E-state index in [1.54, 1.807) is 0 Å². The maximum absolute atomic E-state index is 10.5. The van der Waals surface area contributed by atoms with E-state index < -0.39 is 24.8 Å². The van der Waals surface area contributed by atoms with Crippen LogP contribution >= 0.6 is 0 Å². The Hall–Kier alpha value is -0.940. The number of esters is 1. The summed E-state index contributed by atoms with van der Waals surface area (Å²) in [6.07, 6.45) is -2.15. The van der Waals surface area contributed by atoms with Crippen LogP contribution in [0.15, 0.2) is 0 Å². The third kappa shape index (κ3) is 3.69.